The summed E-state index contributed by atoms with van der Waals surface area (Å²) in [6.07, 6.45) is 7.13. The number of nitrogens with zero attached hydrogens (tertiary/aromatic N) is 1. The Balaban J connectivity index is 1.56. The Labute approximate surface area is 237 Å². The van der Waals surface area contributed by atoms with Gasteiger partial charge in [-0.2, -0.15) is 0 Å². The minimum Gasteiger partial charge on any atom is -0.274 e. The lowest BCUT2D eigenvalue weighted by molar-refractivity contribution is 0.380. The van der Waals surface area contributed by atoms with Crippen LogP contribution in [0.25, 0.3) is 0 Å². The third-order valence-corrected chi connectivity index (χ3v) is 12.6. The maximum atomic E-state index is 2.68. The lowest BCUT2D eigenvalue weighted by atomic mass is 10.0. The average Bonchev–Trinajstić information content (AvgIpc) is 3.38. The molecule has 4 aromatic carbocycles. The van der Waals surface area contributed by atoms with E-state index in [1.54, 1.807) is 0 Å². The van der Waals surface area contributed by atoms with E-state index >= 15 is 0 Å². The zero-order chi connectivity index (χ0) is 27.5. The molecule has 0 amide bonds. The Hall–Kier alpha value is -2.82. The predicted molar refractivity (Wildman–Crippen MR) is 175 cm³/mol. The van der Waals surface area contributed by atoms with Crippen molar-refractivity contribution >= 4 is 37.2 Å². The maximum Gasteiger partial charge on any atom is 0.0281 e. The van der Waals surface area contributed by atoms with Crippen LogP contribution in [0.5, 0.6) is 0 Å². The number of benzene rings is 4. The molecular formula is C36H39NP2. The molecule has 0 bridgehead atoms. The van der Waals surface area contributed by atoms with Crippen LogP contribution in [0.2, 0.25) is 0 Å². The lowest BCUT2D eigenvalue weighted by Crippen LogP contribution is -2.37. The summed E-state index contributed by atoms with van der Waals surface area (Å²) in [6.45, 7) is 11.3. The minimum absolute atomic E-state index is 0.333. The van der Waals surface area contributed by atoms with E-state index in [9.17, 15) is 0 Å². The second kappa shape index (κ2) is 12.1. The Bertz CT molecular complexity index is 1360. The molecule has 5 rings (SSSR count). The summed E-state index contributed by atoms with van der Waals surface area (Å²) in [6, 6.07) is 36.7. The first-order valence-corrected chi connectivity index (χ1v) is 16.4. The molecule has 1 unspecified atom stereocenters. The van der Waals surface area contributed by atoms with Gasteiger partial charge in [0.05, 0.1) is 0 Å². The van der Waals surface area contributed by atoms with Crippen molar-refractivity contribution in [3.63, 3.8) is 0 Å². The predicted octanol–water partition coefficient (Wildman–Crippen LogP) is 7.79. The average molecular weight is 548 g/mol. The number of rotatable bonds is 8. The summed E-state index contributed by atoms with van der Waals surface area (Å²) < 4.78 is 2.68. The van der Waals surface area contributed by atoms with E-state index in [0.29, 0.717) is 12.0 Å². The molecule has 0 aromatic heterocycles. The molecule has 1 aliphatic rings. The van der Waals surface area contributed by atoms with Crippen LogP contribution >= 0.6 is 16.0 Å². The van der Waals surface area contributed by atoms with Gasteiger partial charge in [-0.25, -0.2) is 0 Å². The molecule has 198 valence electrons. The molecule has 2 atom stereocenters. The van der Waals surface area contributed by atoms with E-state index in [0.717, 1.165) is 0 Å². The van der Waals surface area contributed by atoms with Gasteiger partial charge in [-0.05, 0) is 100 Å². The van der Waals surface area contributed by atoms with Crippen molar-refractivity contribution in [2.24, 2.45) is 5.92 Å². The van der Waals surface area contributed by atoms with E-state index in [-0.39, 0.29) is 0 Å². The van der Waals surface area contributed by atoms with Gasteiger partial charge >= 0.3 is 0 Å². The third-order valence-electron chi connectivity index (χ3n) is 7.54. The number of allylic oxidation sites excluding steroid dienone is 2. The molecule has 0 heterocycles. The van der Waals surface area contributed by atoms with Crippen molar-refractivity contribution in [2.75, 3.05) is 7.05 Å². The molecular weight excluding hydrogens is 508 g/mol. The molecule has 0 saturated carbocycles. The van der Waals surface area contributed by atoms with Crippen LogP contribution in [0.3, 0.4) is 0 Å². The summed E-state index contributed by atoms with van der Waals surface area (Å²) in [4.78, 5) is 0. The molecule has 3 heteroatoms. The molecule has 1 nitrogen and oxygen atoms in total. The minimum atomic E-state index is -0.700. The van der Waals surface area contributed by atoms with Gasteiger partial charge in [-0.15, -0.1) is 0 Å². The van der Waals surface area contributed by atoms with Crippen molar-refractivity contribution in [2.45, 2.75) is 40.7 Å². The highest BCUT2D eigenvalue weighted by molar-refractivity contribution is 7.76. The van der Waals surface area contributed by atoms with Gasteiger partial charge in [0.2, 0.25) is 0 Å². The maximum absolute atomic E-state index is 2.68. The molecule has 0 aliphatic heterocycles. The summed E-state index contributed by atoms with van der Waals surface area (Å²) in [5.41, 5.74) is 5.34. The smallest absolute Gasteiger partial charge is 0.0281 e. The standard InChI is InChI=1S/C36H39NP2/c1-26-20-27(2)23-33(22-26)39(34-24-28(3)21-29(4)25-34)37(6)30(5)35-18-13-19-36(35)38(31-14-9-7-10-15-31)32-16-11-8-12-17-32/h7-25,30,35H,1-6H3/t30-,35?/m0/s1. The van der Waals surface area contributed by atoms with Crippen LogP contribution < -0.4 is 21.2 Å². The number of hydrogen-bond acceptors (Lipinski definition) is 1. The SMILES string of the molecule is Cc1cc(C)cc(P(c2cc(C)cc(C)c2)N(C)[C@@H](C)C2C=CC=C2P(c2ccccc2)c2ccccc2)c1. The van der Waals surface area contributed by atoms with Gasteiger partial charge in [-0.1, -0.05) is 113 Å². The topological polar surface area (TPSA) is 3.24 Å². The first kappa shape index (κ1) is 27.7. The Morgan fingerprint density at radius 3 is 1.49 bits per heavy atom. The Morgan fingerprint density at radius 1 is 0.615 bits per heavy atom. The zero-order valence-corrected chi connectivity index (χ0v) is 25.8. The van der Waals surface area contributed by atoms with E-state index in [2.05, 4.69) is 162 Å². The van der Waals surface area contributed by atoms with Crippen molar-refractivity contribution in [3.05, 3.63) is 143 Å². The first-order chi connectivity index (χ1) is 18.8. The third kappa shape index (κ3) is 6.18. The normalized spacial score (nSPS) is 15.8. The van der Waals surface area contributed by atoms with Gasteiger partial charge in [0.1, 0.15) is 0 Å². The molecule has 0 spiro atoms. The molecule has 0 radical (unpaired) electrons. The van der Waals surface area contributed by atoms with Crippen LogP contribution in [0, 0.1) is 33.6 Å². The molecule has 0 fully saturated rings. The Morgan fingerprint density at radius 2 is 1.05 bits per heavy atom. The van der Waals surface area contributed by atoms with Crippen LogP contribution in [0.4, 0.5) is 0 Å². The second-order valence-electron chi connectivity index (χ2n) is 10.8. The highest BCUT2D eigenvalue weighted by Gasteiger charge is 2.34. The Kier molecular flexibility index (Phi) is 8.64. The van der Waals surface area contributed by atoms with Crippen molar-refractivity contribution in [1.82, 2.24) is 4.67 Å². The van der Waals surface area contributed by atoms with Gasteiger partial charge < -0.3 is 0 Å². The number of aryl methyl sites for hydroxylation is 4. The van der Waals surface area contributed by atoms with Crippen LogP contribution in [0.15, 0.2) is 121 Å². The van der Waals surface area contributed by atoms with Gasteiger partial charge in [0.15, 0.2) is 0 Å². The van der Waals surface area contributed by atoms with Crippen molar-refractivity contribution in [1.29, 1.82) is 0 Å². The van der Waals surface area contributed by atoms with Gasteiger partial charge in [0, 0.05) is 20.0 Å². The van der Waals surface area contributed by atoms with Crippen LogP contribution in [-0.2, 0) is 0 Å². The summed E-state index contributed by atoms with van der Waals surface area (Å²) in [7, 11) is 1.03. The molecule has 0 N–H and O–H groups in total. The molecule has 39 heavy (non-hydrogen) atoms. The number of hydrogen-bond donors (Lipinski definition) is 0. The summed E-state index contributed by atoms with van der Waals surface area (Å²) in [5.74, 6) is 0.350. The van der Waals surface area contributed by atoms with E-state index in [1.165, 1.54) is 48.8 Å². The van der Waals surface area contributed by atoms with Gasteiger partial charge in [-0.3, -0.25) is 4.67 Å². The quantitative estimate of drug-likeness (QED) is 0.204. The summed E-state index contributed by atoms with van der Waals surface area (Å²) >= 11 is 0. The fraction of sp³-hybridized carbons (Fsp3) is 0.222. The zero-order valence-electron chi connectivity index (χ0n) is 24.0. The highest BCUT2D eigenvalue weighted by atomic mass is 31.1. The molecule has 1 aliphatic carbocycles. The van der Waals surface area contributed by atoms with E-state index < -0.39 is 16.0 Å². The van der Waals surface area contributed by atoms with E-state index in [1.807, 2.05) is 0 Å². The van der Waals surface area contributed by atoms with Crippen molar-refractivity contribution < 1.29 is 0 Å². The van der Waals surface area contributed by atoms with Crippen molar-refractivity contribution in [3.8, 4) is 0 Å². The largest absolute Gasteiger partial charge is 0.274 e. The lowest BCUT2D eigenvalue weighted by Gasteiger charge is -2.39. The fourth-order valence-electron chi connectivity index (χ4n) is 5.79. The monoisotopic (exact) mass is 547 g/mol. The second-order valence-corrected chi connectivity index (χ2v) is 15.3. The fourth-order valence-corrected chi connectivity index (χ4v) is 11.3. The first-order valence-electron chi connectivity index (χ1n) is 13.8. The van der Waals surface area contributed by atoms with Crippen LogP contribution in [-0.4, -0.2) is 17.8 Å². The van der Waals surface area contributed by atoms with Gasteiger partial charge in [0.25, 0.3) is 0 Å². The highest BCUT2D eigenvalue weighted by Crippen LogP contribution is 2.52. The van der Waals surface area contributed by atoms with E-state index in [4.69, 9.17) is 0 Å². The molecule has 0 saturated heterocycles. The summed E-state index contributed by atoms with van der Waals surface area (Å²) in [5, 5.41) is 7.24. The molecule has 4 aromatic rings. The van der Waals surface area contributed by atoms with Crippen LogP contribution in [0.1, 0.15) is 29.2 Å².